The van der Waals surface area contributed by atoms with Gasteiger partial charge >= 0.3 is 0 Å². The van der Waals surface area contributed by atoms with E-state index in [-0.39, 0.29) is 0 Å². The number of hydrogen-bond acceptors (Lipinski definition) is 3. The van der Waals surface area contributed by atoms with Crippen LogP contribution in [-0.4, -0.2) is 11.5 Å². The minimum absolute atomic E-state index is 0.428. The van der Waals surface area contributed by atoms with Crippen LogP contribution in [0.5, 0.6) is 0 Å². The Morgan fingerprint density at radius 1 is 1.20 bits per heavy atom. The summed E-state index contributed by atoms with van der Waals surface area (Å²) in [7, 11) is 0. The molecule has 1 atom stereocenters. The number of rotatable bonds is 6. The molecule has 1 unspecified atom stereocenters. The largest absolute Gasteiger partial charge is 0.310 e. The molecule has 0 saturated heterocycles. The van der Waals surface area contributed by atoms with Crippen molar-refractivity contribution in [3.05, 3.63) is 53.2 Å². The van der Waals surface area contributed by atoms with Crippen molar-refractivity contribution >= 4 is 23.4 Å². The summed E-state index contributed by atoms with van der Waals surface area (Å²) in [5.41, 5.74) is 1.32. The van der Waals surface area contributed by atoms with E-state index in [1.165, 1.54) is 5.56 Å². The van der Waals surface area contributed by atoms with E-state index in [1.54, 1.807) is 18.0 Å². The Morgan fingerprint density at radius 2 is 1.95 bits per heavy atom. The summed E-state index contributed by atoms with van der Waals surface area (Å²) in [6.45, 7) is 5.32. The van der Waals surface area contributed by atoms with E-state index in [0.717, 1.165) is 22.9 Å². The molecular weight excluding hydrogens is 288 g/mol. The third kappa shape index (κ3) is 3.98. The van der Waals surface area contributed by atoms with Crippen molar-refractivity contribution in [2.45, 2.75) is 36.2 Å². The minimum atomic E-state index is 0.428. The van der Waals surface area contributed by atoms with E-state index in [9.17, 15) is 0 Å². The van der Waals surface area contributed by atoms with E-state index < -0.39 is 0 Å². The first-order chi connectivity index (χ1) is 9.74. The van der Waals surface area contributed by atoms with Crippen LogP contribution < -0.4 is 5.32 Å². The normalized spacial score (nSPS) is 12.3. The van der Waals surface area contributed by atoms with E-state index >= 15 is 0 Å². The van der Waals surface area contributed by atoms with Gasteiger partial charge in [-0.05, 0) is 42.8 Å². The number of nitrogens with zero attached hydrogens (tertiary/aromatic N) is 1. The predicted molar refractivity (Wildman–Crippen MR) is 86.5 cm³/mol. The molecule has 20 heavy (non-hydrogen) atoms. The van der Waals surface area contributed by atoms with E-state index in [2.05, 4.69) is 48.4 Å². The molecule has 1 aromatic carbocycles. The fraction of sp³-hybridized carbons (Fsp3) is 0.312. The second kappa shape index (κ2) is 7.67. The number of halogens is 1. The van der Waals surface area contributed by atoms with Crippen molar-refractivity contribution in [3.8, 4) is 0 Å². The highest BCUT2D eigenvalue weighted by Gasteiger charge is 2.08. The van der Waals surface area contributed by atoms with Gasteiger partial charge in [-0.3, -0.25) is 0 Å². The SMILES string of the molecule is CCNC(CC)c1ccc(Sc2ncccc2Cl)cc1. The Morgan fingerprint density at radius 3 is 2.55 bits per heavy atom. The lowest BCUT2D eigenvalue weighted by molar-refractivity contribution is 0.537. The van der Waals surface area contributed by atoms with Crippen LogP contribution >= 0.6 is 23.4 Å². The highest BCUT2D eigenvalue weighted by Crippen LogP contribution is 2.31. The van der Waals surface area contributed by atoms with Crippen LogP contribution in [0.25, 0.3) is 0 Å². The monoisotopic (exact) mass is 306 g/mol. The van der Waals surface area contributed by atoms with Crippen LogP contribution in [0, 0.1) is 0 Å². The fourth-order valence-corrected chi connectivity index (χ4v) is 3.08. The maximum Gasteiger partial charge on any atom is 0.119 e. The first-order valence-electron chi connectivity index (χ1n) is 6.86. The third-order valence-corrected chi connectivity index (χ3v) is 4.52. The Labute approximate surface area is 130 Å². The summed E-state index contributed by atoms with van der Waals surface area (Å²) in [4.78, 5) is 5.45. The molecule has 1 aromatic heterocycles. The molecule has 2 rings (SSSR count). The van der Waals surface area contributed by atoms with Crippen molar-refractivity contribution in [3.63, 3.8) is 0 Å². The third-order valence-electron chi connectivity index (χ3n) is 3.08. The number of nitrogens with one attached hydrogen (secondary N) is 1. The minimum Gasteiger partial charge on any atom is -0.310 e. The molecule has 0 aliphatic carbocycles. The summed E-state index contributed by atoms with van der Waals surface area (Å²) >= 11 is 7.72. The Kier molecular flexibility index (Phi) is 5.89. The second-order valence-corrected chi connectivity index (χ2v) is 5.95. The molecule has 2 aromatic rings. The molecule has 0 saturated carbocycles. The number of aromatic nitrogens is 1. The maximum absolute atomic E-state index is 6.13. The van der Waals surface area contributed by atoms with Crippen molar-refractivity contribution in [2.75, 3.05) is 6.54 Å². The Balaban J connectivity index is 2.10. The second-order valence-electron chi connectivity index (χ2n) is 4.48. The zero-order chi connectivity index (χ0) is 14.4. The molecule has 0 bridgehead atoms. The lowest BCUT2D eigenvalue weighted by Crippen LogP contribution is -2.19. The molecule has 0 fully saturated rings. The van der Waals surface area contributed by atoms with Crippen LogP contribution in [0.15, 0.2) is 52.5 Å². The van der Waals surface area contributed by atoms with Crippen molar-refractivity contribution in [1.29, 1.82) is 0 Å². The van der Waals surface area contributed by atoms with Gasteiger partial charge in [0.15, 0.2) is 0 Å². The lowest BCUT2D eigenvalue weighted by Gasteiger charge is -2.16. The van der Waals surface area contributed by atoms with Crippen LogP contribution in [0.1, 0.15) is 31.9 Å². The predicted octanol–water partition coefficient (Wildman–Crippen LogP) is 4.95. The topological polar surface area (TPSA) is 24.9 Å². The highest BCUT2D eigenvalue weighted by atomic mass is 35.5. The summed E-state index contributed by atoms with van der Waals surface area (Å²) in [5.74, 6) is 0. The lowest BCUT2D eigenvalue weighted by atomic mass is 10.1. The average Bonchev–Trinajstić information content (AvgIpc) is 2.48. The molecule has 0 amide bonds. The number of benzene rings is 1. The van der Waals surface area contributed by atoms with Gasteiger partial charge in [0.05, 0.1) is 5.02 Å². The fourth-order valence-electron chi connectivity index (χ4n) is 2.07. The van der Waals surface area contributed by atoms with Crippen LogP contribution in [0.4, 0.5) is 0 Å². The van der Waals surface area contributed by atoms with Crippen molar-refractivity contribution in [2.24, 2.45) is 0 Å². The summed E-state index contributed by atoms with van der Waals surface area (Å²) in [5, 5.41) is 5.03. The van der Waals surface area contributed by atoms with Gasteiger partial charge in [0.1, 0.15) is 5.03 Å². The van der Waals surface area contributed by atoms with Crippen molar-refractivity contribution in [1.82, 2.24) is 10.3 Å². The van der Waals surface area contributed by atoms with Gasteiger partial charge in [-0.1, -0.05) is 49.3 Å². The summed E-state index contributed by atoms with van der Waals surface area (Å²) in [6, 6.07) is 12.8. The van der Waals surface area contributed by atoms with Gasteiger partial charge in [0.2, 0.25) is 0 Å². The molecule has 2 nitrogen and oxygen atoms in total. The number of hydrogen-bond donors (Lipinski definition) is 1. The molecule has 0 aliphatic rings. The standard InChI is InChI=1S/C16H19ClN2S/c1-3-15(18-4-2)12-7-9-13(10-8-12)20-16-14(17)6-5-11-19-16/h5-11,15,18H,3-4H2,1-2H3. The van der Waals surface area contributed by atoms with Crippen LogP contribution in [0.3, 0.4) is 0 Å². The van der Waals surface area contributed by atoms with Gasteiger partial charge in [-0.25, -0.2) is 4.98 Å². The molecule has 0 radical (unpaired) electrons. The Bertz CT molecular complexity index is 542. The van der Waals surface area contributed by atoms with Gasteiger partial charge in [-0.15, -0.1) is 0 Å². The molecule has 0 spiro atoms. The zero-order valence-electron chi connectivity index (χ0n) is 11.8. The first kappa shape index (κ1) is 15.4. The summed E-state index contributed by atoms with van der Waals surface area (Å²) < 4.78 is 0. The van der Waals surface area contributed by atoms with Gasteiger partial charge in [-0.2, -0.15) is 0 Å². The molecule has 0 aliphatic heterocycles. The van der Waals surface area contributed by atoms with Crippen LogP contribution in [-0.2, 0) is 0 Å². The molecule has 106 valence electrons. The zero-order valence-corrected chi connectivity index (χ0v) is 13.3. The quantitative estimate of drug-likeness (QED) is 0.817. The molecular formula is C16H19ClN2S. The molecule has 1 heterocycles. The smallest absolute Gasteiger partial charge is 0.119 e. The molecule has 4 heteroatoms. The van der Waals surface area contributed by atoms with Crippen LogP contribution in [0.2, 0.25) is 5.02 Å². The van der Waals surface area contributed by atoms with E-state index in [4.69, 9.17) is 11.6 Å². The van der Waals surface area contributed by atoms with Crippen molar-refractivity contribution < 1.29 is 0 Å². The van der Waals surface area contributed by atoms with E-state index in [1.807, 2.05) is 12.1 Å². The summed E-state index contributed by atoms with van der Waals surface area (Å²) in [6.07, 6.45) is 2.85. The van der Waals surface area contributed by atoms with Gasteiger partial charge in [0, 0.05) is 17.1 Å². The highest BCUT2D eigenvalue weighted by molar-refractivity contribution is 7.99. The molecule has 1 N–H and O–H groups in total. The number of pyridine rings is 1. The van der Waals surface area contributed by atoms with Gasteiger partial charge < -0.3 is 5.32 Å². The van der Waals surface area contributed by atoms with Gasteiger partial charge in [0.25, 0.3) is 0 Å². The average molecular weight is 307 g/mol. The van der Waals surface area contributed by atoms with E-state index in [0.29, 0.717) is 11.1 Å². The Hall–Kier alpha value is -1.03. The first-order valence-corrected chi connectivity index (χ1v) is 8.05. The maximum atomic E-state index is 6.13.